The number of allylic oxidation sites excluding steroid dienone is 1. The van der Waals surface area contributed by atoms with Crippen molar-refractivity contribution in [2.75, 3.05) is 14.1 Å². The Morgan fingerprint density at radius 2 is 1.77 bits per heavy atom. The van der Waals surface area contributed by atoms with Gasteiger partial charge in [0, 0.05) is 23.6 Å². The maximum Gasteiger partial charge on any atom is 0.255 e. The summed E-state index contributed by atoms with van der Waals surface area (Å²) in [5.41, 5.74) is 3.81. The molecule has 11 nitrogen and oxygen atoms in total. The lowest BCUT2D eigenvalue weighted by Crippen LogP contribution is -2.63. The highest BCUT2D eigenvalue weighted by atomic mass is 16.4. The molecule has 228 valence electrons. The number of primary amides is 1. The summed E-state index contributed by atoms with van der Waals surface area (Å²) < 4.78 is 6.13. The largest absolute Gasteiger partial charge is 0.510 e. The third kappa shape index (κ3) is 4.43. The Bertz CT molecular complexity index is 1760. The van der Waals surface area contributed by atoms with E-state index in [0.29, 0.717) is 35.7 Å². The molecule has 1 amide bonds. The van der Waals surface area contributed by atoms with Gasteiger partial charge in [-0.1, -0.05) is 30.3 Å². The number of aromatic hydroxyl groups is 1. The minimum absolute atomic E-state index is 0.00761. The number of carbonyl (C=O) groups excluding carboxylic acids is 3. The summed E-state index contributed by atoms with van der Waals surface area (Å²) in [5.74, 6) is -5.72. The van der Waals surface area contributed by atoms with Crippen molar-refractivity contribution in [3.05, 3.63) is 99.7 Å². The number of nitrogens with one attached hydrogen (secondary N) is 1. The van der Waals surface area contributed by atoms with E-state index in [1.165, 1.54) is 11.0 Å². The molecule has 1 aromatic heterocycles. The molecule has 0 bridgehead atoms. The first-order valence-corrected chi connectivity index (χ1v) is 14.3. The van der Waals surface area contributed by atoms with E-state index in [0.717, 1.165) is 5.56 Å². The SMILES string of the molecule is CN(C)C1C(O)=C(C(N)=O)C(=O)C2(O)C(O)=C3C(=O)c4c(O)ccc(-c5ccc(CNCc6ccccc6)o5)c4C[C@@H]3C[C@H]12. The van der Waals surface area contributed by atoms with Crippen LogP contribution in [0.2, 0.25) is 0 Å². The monoisotopic (exact) mass is 599 g/mol. The van der Waals surface area contributed by atoms with E-state index in [1.54, 1.807) is 26.2 Å². The molecule has 0 saturated heterocycles. The second-order valence-electron chi connectivity index (χ2n) is 11.8. The number of fused-ring (bicyclic) bond motifs is 3. The number of carbonyl (C=O) groups is 3. The fourth-order valence-electron chi connectivity index (χ4n) is 7.03. The smallest absolute Gasteiger partial charge is 0.255 e. The first-order chi connectivity index (χ1) is 20.9. The van der Waals surface area contributed by atoms with Crippen LogP contribution in [0.25, 0.3) is 11.3 Å². The molecule has 0 aliphatic heterocycles. The summed E-state index contributed by atoms with van der Waals surface area (Å²) in [4.78, 5) is 41.1. The van der Waals surface area contributed by atoms with E-state index < -0.39 is 58.0 Å². The first-order valence-electron chi connectivity index (χ1n) is 14.3. The zero-order valence-corrected chi connectivity index (χ0v) is 24.2. The molecule has 0 spiro atoms. The average molecular weight is 600 g/mol. The van der Waals surface area contributed by atoms with Gasteiger partial charge in [0.2, 0.25) is 5.78 Å². The van der Waals surface area contributed by atoms with Crippen molar-refractivity contribution in [2.24, 2.45) is 17.6 Å². The Labute approximate surface area is 252 Å². The van der Waals surface area contributed by atoms with Crippen LogP contribution >= 0.6 is 0 Å². The summed E-state index contributed by atoms with van der Waals surface area (Å²) in [6, 6.07) is 15.5. The van der Waals surface area contributed by atoms with E-state index in [1.807, 2.05) is 36.4 Å². The third-order valence-corrected chi connectivity index (χ3v) is 9.00. The Hall–Kier alpha value is -4.71. The van der Waals surface area contributed by atoms with E-state index in [-0.39, 0.29) is 29.7 Å². The fourth-order valence-corrected chi connectivity index (χ4v) is 7.03. The first kappa shape index (κ1) is 29.4. The van der Waals surface area contributed by atoms with Gasteiger partial charge in [0.1, 0.15) is 34.4 Å². The van der Waals surface area contributed by atoms with Crippen LogP contribution in [-0.2, 0) is 29.1 Å². The Morgan fingerprint density at radius 1 is 1.05 bits per heavy atom. The second-order valence-corrected chi connectivity index (χ2v) is 11.8. The quantitative estimate of drug-likeness (QED) is 0.221. The van der Waals surface area contributed by atoms with Gasteiger partial charge in [0.15, 0.2) is 11.4 Å². The molecule has 44 heavy (non-hydrogen) atoms. The highest BCUT2D eigenvalue weighted by Gasteiger charge is 2.63. The molecule has 4 atom stereocenters. The summed E-state index contributed by atoms with van der Waals surface area (Å²) in [7, 11) is 3.18. The number of aliphatic hydroxyl groups excluding tert-OH is 2. The predicted molar refractivity (Wildman–Crippen MR) is 158 cm³/mol. The molecule has 3 aromatic rings. The van der Waals surface area contributed by atoms with Gasteiger partial charge >= 0.3 is 0 Å². The minimum Gasteiger partial charge on any atom is -0.510 e. The molecule has 1 heterocycles. The van der Waals surface area contributed by atoms with Crippen molar-refractivity contribution in [1.29, 1.82) is 0 Å². The summed E-state index contributed by atoms with van der Waals surface area (Å²) in [6.45, 7) is 1.11. The molecule has 3 aliphatic rings. The van der Waals surface area contributed by atoms with Gasteiger partial charge in [-0.25, -0.2) is 0 Å². The minimum atomic E-state index is -2.68. The Kier molecular flexibility index (Phi) is 7.19. The van der Waals surface area contributed by atoms with Crippen LogP contribution in [0.4, 0.5) is 0 Å². The van der Waals surface area contributed by atoms with Gasteiger partial charge in [-0.3, -0.25) is 19.3 Å². The molecule has 7 N–H and O–H groups in total. The molecule has 11 heteroatoms. The average Bonchev–Trinajstić information content (AvgIpc) is 3.44. The number of amides is 1. The van der Waals surface area contributed by atoms with Crippen LogP contribution in [0.15, 0.2) is 81.7 Å². The van der Waals surface area contributed by atoms with E-state index in [4.69, 9.17) is 10.2 Å². The van der Waals surface area contributed by atoms with Gasteiger partial charge in [-0.2, -0.15) is 0 Å². The number of rotatable bonds is 7. The lowest BCUT2D eigenvalue weighted by molar-refractivity contribution is -0.148. The topological polar surface area (TPSA) is 187 Å². The number of hydrogen-bond donors (Lipinski definition) is 6. The van der Waals surface area contributed by atoms with Gasteiger partial charge in [0.05, 0.1) is 18.2 Å². The molecule has 2 aromatic carbocycles. The zero-order valence-electron chi connectivity index (χ0n) is 24.2. The molecule has 0 saturated carbocycles. The molecular weight excluding hydrogens is 566 g/mol. The molecule has 0 radical (unpaired) electrons. The number of benzene rings is 2. The number of Topliss-reactive ketones (excluding diaryl/α,β-unsaturated/α-hetero) is 2. The second kappa shape index (κ2) is 10.8. The van der Waals surface area contributed by atoms with Gasteiger partial charge in [-0.15, -0.1) is 0 Å². The van der Waals surface area contributed by atoms with Gasteiger partial charge < -0.3 is 35.9 Å². The predicted octanol–water partition coefficient (Wildman–Crippen LogP) is 2.67. The van der Waals surface area contributed by atoms with Gasteiger partial charge in [0.25, 0.3) is 5.91 Å². The van der Waals surface area contributed by atoms with E-state index >= 15 is 0 Å². The van der Waals surface area contributed by atoms with Crippen LogP contribution in [0.1, 0.15) is 33.7 Å². The maximum atomic E-state index is 14.0. The number of furan rings is 1. The number of ketones is 2. The summed E-state index contributed by atoms with van der Waals surface area (Å²) in [6.07, 6.45) is 0.175. The van der Waals surface area contributed by atoms with Crippen LogP contribution < -0.4 is 11.1 Å². The number of phenolic OH excluding ortho intramolecular Hbond substituents is 1. The number of likely N-dealkylation sites (N-methyl/N-ethyl adjacent to an activating group) is 1. The number of phenols is 1. The standard InChI is InChI=1S/C33H33N3O8/c1-36(2)27-21-13-17-12-20-19(23-11-8-18(44-23)15-35-14-16-6-4-3-5-7-16)9-10-22(37)25(20)28(38)24(17)30(40)33(21,43)31(41)26(29(27)39)32(34)42/h3-11,17,21,27,35,37,39-40,43H,12-15H2,1-2H3,(H2,34,42)/t17-,21-,27?,33?/m1/s1. The lowest BCUT2D eigenvalue weighted by Gasteiger charge is -2.50. The lowest BCUT2D eigenvalue weighted by atomic mass is 9.58. The normalized spacial score (nSPS) is 24.8. The van der Waals surface area contributed by atoms with E-state index in [9.17, 15) is 34.8 Å². The van der Waals surface area contributed by atoms with Crippen molar-refractivity contribution in [2.45, 2.75) is 37.6 Å². The Balaban J connectivity index is 1.37. The highest BCUT2D eigenvalue weighted by molar-refractivity contribution is 6.24. The molecular formula is C33H33N3O8. The molecule has 6 rings (SSSR count). The van der Waals surface area contributed by atoms with E-state index in [2.05, 4.69) is 5.32 Å². The Morgan fingerprint density at radius 3 is 2.45 bits per heavy atom. The van der Waals surface area contributed by atoms with Crippen molar-refractivity contribution < 1.29 is 39.2 Å². The molecule has 0 fully saturated rings. The third-order valence-electron chi connectivity index (χ3n) is 9.00. The van der Waals surface area contributed by atoms with Crippen molar-refractivity contribution in [1.82, 2.24) is 10.2 Å². The van der Waals surface area contributed by atoms with Crippen LogP contribution in [0, 0.1) is 11.8 Å². The van der Waals surface area contributed by atoms with Crippen LogP contribution in [-0.4, -0.2) is 68.5 Å². The fraction of sp³-hybridized carbons (Fsp3) is 0.303. The number of hydrogen-bond acceptors (Lipinski definition) is 10. The summed E-state index contributed by atoms with van der Waals surface area (Å²) in [5, 5.41) is 48.3. The maximum absolute atomic E-state index is 14.0. The molecule has 3 aliphatic carbocycles. The van der Waals surface area contributed by atoms with Crippen LogP contribution in [0.5, 0.6) is 5.75 Å². The summed E-state index contributed by atoms with van der Waals surface area (Å²) >= 11 is 0. The van der Waals surface area contributed by atoms with Crippen LogP contribution in [0.3, 0.4) is 0 Å². The van der Waals surface area contributed by atoms with Crippen molar-refractivity contribution >= 4 is 17.5 Å². The van der Waals surface area contributed by atoms with Gasteiger partial charge in [-0.05, 0) is 68.2 Å². The zero-order chi connectivity index (χ0) is 31.5. The number of aliphatic hydroxyl groups is 3. The number of nitrogens with two attached hydrogens (primary N) is 1. The highest BCUT2D eigenvalue weighted by Crippen LogP contribution is 2.53. The number of nitrogens with zero attached hydrogens (tertiary/aromatic N) is 1. The van der Waals surface area contributed by atoms with Crippen molar-refractivity contribution in [3.8, 4) is 17.1 Å². The van der Waals surface area contributed by atoms with Crippen molar-refractivity contribution in [3.63, 3.8) is 0 Å². The molecule has 2 unspecified atom stereocenters.